The number of benzene rings is 3. The minimum Gasteiger partial charge on any atom is -0.497 e. The number of methoxy groups -OCH3 is 1. The molecule has 0 atom stereocenters. The topological polar surface area (TPSA) is 85.6 Å². The summed E-state index contributed by atoms with van der Waals surface area (Å²) in [6, 6.07) is 19.3. The first-order chi connectivity index (χ1) is 15.5. The van der Waals surface area contributed by atoms with Crippen LogP contribution in [-0.4, -0.2) is 29.0 Å². The van der Waals surface area contributed by atoms with Crippen LogP contribution in [0.3, 0.4) is 0 Å². The lowest BCUT2D eigenvalue weighted by Crippen LogP contribution is -2.28. The normalized spacial score (nSPS) is 11.1. The number of fused-ring (bicyclic) bond motifs is 1. The summed E-state index contributed by atoms with van der Waals surface area (Å²) in [6.45, 7) is 1.79. The van der Waals surface area contributed by atoms with E-state index in [-0.39, 0.29) is 11.3 Å². The molecule has 3 aromatic carbocycles. The summed E-state index contributed by atoms with van der Waals surface area (Å²) in [5.41, 5.74) is 4.15. The average Bonchev–Trinajstić information content (AvgIpc) is 2.81. The number of halogens is 1. The molecule has 160 valence electrons. The fourth-order valence-electron chi connectivity index (χ4n) is 3.29. The number of ether oxygens (including phenoxy) is 1. The van der Waals surface area contributed by atoms with E-state index < -0.39 is 5.91 Å². The monoisotopic (exact) mass is 446 g/mol. The summed E-state index contributed by atoms with van der Waals surface area (Å²) >= 11 is 6.23. The Morgan fingerprint density at radius 1 is 1.09 bits per heavy atom. The Kier molecular flexibility index (Phi) is 6.00. The van der Waals surface area contributed by atoms with E-state index in [9.17, 15) is 9.59 Å². The van der Waals surface area contributed by atoms with Crippen molar-refractivity contribution in [2.24, 2.45) is 5.10 Å². The molecular formula is C24H19ClN4O3. The van der Waals surface area contributed by atoms with Crippen LogP contribution in [0.15, 0.2) is 76.6 Å². The highest BCUT2D eigenvalue weighted by molar-refractivity contribution is 6.31. The Hall–Kier alpha value is -3.97. The quantitative estimate of drug-likeness (QED) is 0.369. The molecule has 0 unspecified atom stereocenters. The van der Waals surface area contributed by atoms with E-state index in [4.69, 9.17) is 16.3 Å². The van der Waals surface area contributed by atoms with Gasteiger partial charge in [0.1, 0.15) is 5.75 Å². The number of carbonyl (C=O) groups excluding carboxylic acids is 1. The SMILES string of the molecule is COc1cccc(/C=N\NC(=O)c2nn(-c3cccc(Cl)c3C)c(=O)c3ccccc23)c1. The van der Waals surface area contributed by atoms with Crippen molar-refractivity contribution in [3.8, 4) is 11.4 Å². The number of carbonyl (C=O) groups is 1. The second kappa shape index (κ2) is 9.03. The molecule has 1 N–H and O–H groups in total. The number of nitrogens with zero attached hydrogens (tertiary/aromatic N) is 3. The van der Waals surface area contributed by atoms with E-state index in [1.54, 1.807) is 62.6 Å². The number of nitrogens with one attached hydrogen (secondary N) is 1. The van der Waals surface area contributed by atoms with E-state index in [1.807, 2.05) is 18.2 Å². The van der Waals surface area contributed by atoms with Crippen molar-refractivity contribution in [2.75, 3.05) is 7.11 Å². The number of hydrogen-bond acceptors (Lipinski definition) is 5. The Labute approximate surface area is 188 Å². The summed E-state index contributed by atoms with van der Waals surface area (Å²) in [4.78, 5) is 26.1. The Morgan fingerprint density at radius 3 is 2.62 bits per heavy atom. The molecule has 0 aliphatic rings. The first-order valence-electron chi connectivity index (χ1n) is 9.74. The number of amides is 1. The third kappa shape index (κ3) is 4.10. The molecule has 0 saturated carbocycles. The standard InChI is InChI=1S/C24H19ClN4O3/c1-15-20(25)11-6-12-21(15)29-24(31)19-10-4-3-9-18(19)22(28-29)23(30)27-26-14-16-7-5-8-17(13-16)32-2/h3-14H,1-2H3,(H,27,30)/b26-14-. The highest BCUT2D eigenvalue weighted by atomic mass is 35.5. The summed E-state index contributed by atoms with van der Waals surface area (Å²) in [5.74, 6) is 0.130. The second-order valence-electron chi connectivity index (χ2n) is 6.97. The summed E-state index contributed by atoms with van der Waals surface area (Å²) in [5, 5.41) is 9.69. The number of hydrogen-bond donors (Lipinski definition) is 1. The van der Waals surface area contributed by atoms with Crippen molar-refractivity contribution < 1.29 is 9.53 Å². The molecule has 0 fully saturated rings. The summed E-state index contributed by atoms with van der Waals surface area (Å²) in [6.07, 6.45) is 1.50. The third-order valence-electron chi connectivity index (χ3n) is 4.96. The third-order valence-corrected chi connectivity index (χ3v) is 5.37. The van der Waals surface area contributed by atoms with Crippen LogP contribution >= 0.6 is 11.6 Å². The van der Waals surface area contributed by atoms with Crippen LogP contribution in [0.4, 0.5) is 0 Å². The average molecular weight is 447 g/mol. The van der Waals surface area contributed by atoms with Crippen LogP contribution in [0.1, 0.15) is 21.6 Å². The maximum absolute atomic E-state index is 13.1. The van der Waals surface area contributed by atoms with Gasteiger partial charge in [0.25, 0.3) is 11.5 Å². The number of rotatable bonds is 5. The molecule has 0 aliphatic carbocycles. The maximum Gasteiger partial charge on any atom is 0.292 e. The highest BCUT2D eigenvalue weighted by Gasteiger charge is 2.18. The smallest absolute Gasteiger partial charge is 0.292 e. The van der Waals surface area contributed by atoms with Crippen molar-refractivity contribution in [1.82, 2.24) is 15.2 Å². The molecule has 0 aliphatic heterocycles. The van der Waals surface area contributed by atoms with Crippen molar-refractivity contribution in [2.45, 2.75) is 6.92 Å². The van der Waals surface area contributed by atoms with Crippen LogP contribution in [0.2, 0.25) is 5.02 Å². The maximum atomic E-state index is 13.1. The van der Waals surface area contributed by atoms with Gasteiger partial charge in [-0.05, 0) is 48.4 Å². The molecule has 7 nitrogen and oxygen atoms in total. The van der Waals surface area contributed by atoms with Crippen molar-refractivity contribution >= 4 is 34.5 Å². The molecule has 1 aromatic heterocycles. The van der Waals surface area contributed by atoms with E-state index in [1.165, 1.54) is 10.9 Å². The van der Waals surface area contributed by atoms with Gasteiger partial charge in [-0.2, -0.15) is 14.9 Å². The van der Waals surface area contributed by atoms with Gasteiger partial charge in [0.05, 0.1) is 24.4 Å². The largest absolute Gasteiger partial charge is 0.497 e. The summed E-state index contributed by atoms with van der Waals surface area (Å²) in [7, 11) is 1.57. The van der Waals surface area contributed by atoms with Gasteiger partial charge < -0.3 is 4.74 Å². The van der Waals surface area contributed by atoms with E-state index >= 15 is 0 Å². The molecular weight excluding hydrogens is 428 g/mol. The minimum absolute atomic E-state index is 0.0716. The number of aromatic nitrogens is 2. The fourth-order valence-corrected chi connectivity index (χ4v) is 3.46. The van der Waals surface area contributed by atoms with Gasteiger partial charge in [-0.3, -0.25) is 9.59 Å². The van der Waals surface area contributed by atoms with Crippen LogP contribution in [0.25, 0.3) is 16.5 Å². The molecule has 0 radical (unpaired) electrons. The van der Waals surface area contributed by atoms with E-state index in [0.717, 1.165) is 5.56 Å². The summed E-state index contributed by atoms with van der Waals surface area (Å²) < 4.78 is 6.38. The van der Waals surface area contributed by atoms with Crippen molar-refractivity contribution in [3.05, 3.63) is 98.9 Å². The van der Waals surface area contributed by atoms with Crippen LogP contribution < -0.4 is 15.7 Å². The fraction of sp³-hybridized carbons (Fsp3) is 0.0833. The zero-order chi connectivity index (χ0) is 22.7. The molecule has 0 spiro atoms. The second-order valence-corrected chi connectivity index (χ2v) is 7.38. The Bertz CT molecular complexity index is 1410. The van der Waals surface area contributed by atoms with E-state index in [2.05, 4.69) is 15.6 Å². The van der Waals surface area contributed by atoms with Gasteiger partial charge in [0.2, 0.25) is 0 Å². The van der Waals surface area contributed by atoms with Crippen LogP contribution in [0.5, 0.6) is 5.75 Å². The predicted molar refractivity (Wildman–Crippen MR) is 125 cm³/mol. The van der Waals surface area contributed by atoms with Gasteiger partial charge in [-0.25, -0.2) is 5.43 Å². The van der Waals surface area contributed by atoms with Gasteiger partial charge in [0.15, 0.2) is 5.69 Å². The minimum atomic E-state index is -0.547. The predicted octanol–water partition coefficient (Wildman–Crippen LogP) is 4.12. The highest BCUT2D eigenvalue weighted by Crippen LogP contribution is 2.22. The van der Waals surface area contributed by atoms with Gasteiger partial charge in [0, 0.05) is 10.4 Å². The molecule has 8 heteroatoms. The molecule has 0 saturated heterocycles. The zero-order valence-corrected chi connectivity index (χ0v) is 18.1. The van der Waals surface area contributed by atoms with Crippen LogP contribution in [-0.2, 0) is 0 Å². The van der Waals surface area contributed by atoms with E-state index in [0.29, 0.717) is 32.8 Å². The molecule has 4 aromatic rings. The molecule has 1 heterocycles. The van der Waals surface area contributed by atoms with Gasteiger partial charge in [-0.15, -0.1) is 0 Å². The molecule has 0 bridgehead atoms. The van der Waals surface area contributed by atoms with Gasteiger partial charge >= 0.3 is 0 Å². The first kappa shape index (κ1) is 21.3. The molecule has 4 rings (SSSR count). The number of hydrazone groups is 1. The first-order valence-corrected chi connectivity index (χ1v) is 10.1. The Balaban J connectivity index is 1.75. The van der Waals surface area contributed by atoms with Crippen molar-refractivity contribution in [1.29, 1.82) is 0 Å². The molecule has 32 heavy (non-hydrogen) atoms. The lowest BCUT2D eigenvalue weighted by atomic mass is 10.1. The Morgan fingerprint density at radius 2 is 1.84 bits per heavy atom. The van der Waals surface area contributed by atoms with Crippen LogP contribution in [0, 0.1) is 6.92 Å². The lowest BCUT2D eigenvalue weighted by Gasteiger charge is -2.12. The lowest BCUT2D eigenvalue weighted by molar-refractivity contribution is 0.0950. The van der Waals surface area contributed by atoms with Gasteiger partial charge in [-0.1, -0.05) is 48.0 Å². The molecule has 1 amide bonds. The van der Waals surface area contributed by atoms with Crippen molar-refractivity contribution in [3.63, 3.8) is 0 Å². The zero-order valence-electron chi connectivity index (χ0n) is 17.4.